The molecule has 1 unspecified atom stereocenters. The van der Waals surface area contributed by atoms with Crippen LogP contribution < -0.4 is 0 Å². The van der Waals surface area contributed by atoms with Crippen LogP contribution in [0, 0.1) is 13.8 Å². The Bertz CT molecular complexity index is 616. The number of carbonyl (C=O) groups is 1. The Morgan fingerprint density at radius 2 is 2.05 bits per heavy atom. The number of hydrogen-bond donors (Lipinski definition) is 0. The van der Waals surface area contributed by atoms with Crippen LogP contribution in [0.15, 0.2) is 6.07 Å². The molecule has 6 heteroatoms. The molecule has 0 spiro atoms. The lowest BCUT2D eigenvalue weighted by atomic mass is 10.1. The molecule has 1 aliphatic rings. The predicted molar refractivity (Wildman–Crippen MR) is 74.0 cm³/mol. The number of carbonyl (C=O) groups excluding carboxylic acids is 1. The van der Waals surface area contributed by atoms with Gasteiger partial charge in [-0.3, -0.25) is 4.79 Å². The van der Waals surface area contributed by atoms with E-state index in [1.165, 1.54) is 0 Å². The van der Waals surface area contributed by atoms with Crippen molar-refractivity contribution in [3.05, 3.63) is 23.0 Å². The van der Waals surface area contributed by atoms with E-state index in [1.807, 2.05) is 31.5 Å². The van der Waals surface area contributed by atoms with E-state index in [2.05, 4.69) is 0 Å². The molecule has 1 aromatic rings. The summed E-state index contributed by atoms with van der Waals surface area (Å²) in [7, 11) is 0.640. The summed E-state index contributed by atoms with van der Waals surface area (Å²) in [6.45, 7) is 3.85. The number of aryl methyl sites for hydroxylation is 1. The number of hydrogen-bond acceptors (Lipinski definition) is 3. The summed E-state index contributed by atoms with van der Waals surface area (Å²) in [6.07, 6.45) is 0.537. The zero-order chi connectivity index (χ0) is 14.4. The summed E-state index contributed by atoms with van der Waals surface area (Å²) in [4.78, 5) is 14.0. The van der Waals surface area contributed by atoms with E-state index in [1.54, 1.807) is 11.9 Å². The molecule has 1 atom stereocenters. The zero-order valence-corrected chi connectivity index (χ0v) is 12.6. The standard InChI is InChI=1S/C13H20N2O3S/c1-9-7-12(10(2)14(9)3)13(16)15(4)11-5-6-19(17,18)8-11/h7,11H,5-6,8H2,1-4H3. The van der Waals surface area contributed by atoms with E-state index >= 15 is 0 Å². The highest BCUT2D eigenvalue weighted by molar-refractivity contribution is 7.91. The highest BCUT2D eigenvalue weighted by atomic mass is 32.2. The van der Waals surface area contributed by atoms with Crippen LogP contribution in [0.2, 0.25) is 0 Å². The summed E-state index contributed by atoms with van der Waals surface area (Å²) < 4.78 is 24.9. The first-order valence-corrected chi connectivity index (χ1v) is 8.15. The molecule has 0 N–H and O–H groups in total. The Morgan fingerprint density at radius 3 is 2.47 bits per heavy atom. The molecule has 0 bridgehead atoms. The summed E-state index contributed by atoms with van der Waals surface area (Å²) in [5, 5.41) is 0. The second-order valence-electron chi connectivity index (χ2n) is 5.32. The third kappa shape index (κ3) is 2.54. The van der Waals surface area contributed by atoms with Crippen molar-refractivity contribution < 1.29 is 13.2 Å². The fourth-order valence-corrected chi connectivity index (χ4v) is 4.28. The minimum atomic E-state index is -2.97. The van der Waals surface area contributed by atoms with Crippen LogP contribution in [0.5, 0.6) is 0 Å². The van der Waals surface area contributed by atoms with Crippen LogP contribution in [0.1, 0.15) is 28.2 Å². The lowest BCUT2D eigenvalue weighted by molar-refractivity contribution is 0.0747. The van der Waals surface area contributed by atoms with E-state index in [-0.39, 0.29) is 23.5 Å². The van der Waals surface area contributed by atoms with E-state index in [0.717, 1.165) is 11.4 Å². The summed E-state index contributed by atoms with van der Waals surface area (Å²) in [5.74, 6) is 0.172. The van der Waals surface area contributed by atoms with Gasteiger partial charge in [-0.05, 0) is 26.3 Å². The molecule has 2 rings (SSSR count). The van der Waals surface area contributed by atoms with Crippen molar-refractivity contribution in [1.82, 2.24) is 9.47 Å². The van der Waals surface area contributed by atoms with Crippen LogP contribution in [0.25, 0.3) is 0 Å². The van der Waals surface area contributed by atoms with Gasteiger partial charge in [0.15, 0.2) is 9.84 Å². The molecule has 106 valence electrons. The summed E-state index contributed by atoms with van der Waals surface area (Å²) >= 11 is 0. The minimum Gasteiger partial charge on any atom is -0.351 e. The second-order valence-corrected chi connectivity index (χ2v) is 7.55. The average molecular weight is 284 g/mol. The molecule has 0 aromatic carbocycles. The normalized spacial score (nSPS) is 21.6. The van der Waals surface area contributed by atoms with Gasteiger partial charge in [-0.25, -0.2) is 8.42 Å². The van der Waals surface area contributed by atoms with Gasteiger partial charge in [0.2, 0.25) is 0 Å². The van der Waals surface area contributed by atoms with Crippen LogP contribution in [0.4, 0.5) is 0 Å². The second kappa shape index (κ2) is 4.67. The molecule has 2 heterocycles. The third-order valence-electron chi connectivity index (χ3n) is 4.08. The smallest absolute Gasteiger partial charge is 0.255 e. The Hall–Kier alpha value is -1.30. The van der Waals surface area contributed by atoms with Crippen LogP contribution in [-0.4, -0.2) is 48.4 Å². The molecule has 1 aliphatic heterocycles. The fraction of sp³-hybridized carbons (Fsp3) is 0.615. The topological polar surface area (TPSA) is 59.4 Å². The van der Waals surface area contributed by atoms with Crippen LogP contribution in [-0.2, 0) is 16.9 Å². The van der Waals surface area contributed by atoms with Gasteiger partial charge in [-0.2, -0.15) is 0 Å². The molecule has 19 heavy (non-hydrogen) atoms. The molecule has 5 nitrogen and oxygen atoms in total. The molecule has 0 radical (unpaired) electrons. The summed E-state index contributed by atoms with van der Waals surface area (Å²) in [5.41, 5.74) is 2.59. The number of amides is 1. The number of rotatable bonds is 2. The number of sulfone groups is 1. The molecule has 1 aromatic heterocycles. The SMILES string of the molecule is Cc1cc(C(=O)N(C)C2CCS(=O)(=O)C2)c(C)n1C. The van der Waals surface area contributed by atoms with Gasteiger partial charge >= 0.3 is 0 Å². The quantitative estimate of drug-likeness (QED) is 0.811. The molecule has 1 amide bonds. The van der Waals surface area contributed by atoms with E-state index < -0.39 is 9.84 Å². The van der Waals surface area contributed by atoms with Gasteiger partial charge in [0.1, 0.15) is 0 Å². The lowest BCUT2D eigenvalue weighted by Gasteiger charge is -2.23. The molecule has 0 aliphatic carbocycles. The predicted octanol–water partition coefficient (Wildman–Crippen LogP) is 0.901. The highest BCUT2D eigenvalue weighted by Crippen LogP contribution is 2.21. The first-order chi connectivity index (χ1) is 8.73. The van der Waals surface area contributed by atoms with Crippen molar-refractivity contribution in [3.8, 4) is 0 Å². The van der Waals surface area contributed by atoms with Crippen LogP contribution >= 0.6 is 0 Å². The summed E-state index contributed by atoms with van der Waals surface area (Å²) in [6, 6.07) is 1.66. The third-order valence-corrected chi connectivity index (χ3v) is 5.83. The Balaban J connectivity index is 2.22. The van der Waals surface area contributed by atoms with Gasteiger partial charge in [0.25, 0.3) is 5.91 Å². The molecule has 0 saturated carbocycles. The average Bonchev–Trinajstić information content (AvgIpc) is 2.82. The highest BCUT2D eigenvalue weighted by Gasteiger charge is 2.33. The Morgan fingerprint density at radius 1 is 1.42 bits per heavy atom. The lowest BCUT2D eigenvalue weighted by Crippen LogP contribution is -2.38. The van der Waals surface area contributed by atoms with Crippen molar-refractivity contribution in [1.29, 1.82) is 0 Å². The van der Waals surface area contributed by atoms with Crippen molar-refractivity contribution in [3.63, 3.8) is 0 Å². The largest absolute Gasteiger partial charge is 0.351 e. The van der Waals surface area contributed by atoms with Crippen molar-refractivity contribution in [2.24, 2.45) is 7.05 Å². The van der Waals surface area contributed by atoms with E-state index in [9.17, 15) is 13.2 Å². The van der Waals surface area contributed by atoms with E-state index in [4.69, 9.17) is 0 Å². The van der Waals surface area contributed by atoms with Crippen LogP contribution in [0.3, 0.4) is 0 Å². The van der Waals surface area contributed by atoms with Gasteiger partial charge < -0.3 is 9.47 Å². The zero-order valence-electron chi connectivity index (χ0n) is 11.8. The minimum absolute atomic E-state index is 0.0834. The Kier molecular flexibility index (Phi) is 3.47. The molecule has 1 saturated heterocycles. The van der Waals surface area contributed by atoms with Crippen molar-refractivity contribution in [2.45, 2.75) is 26.3 Å². The maximum atomic E-state index is 12.4. The van der Waals surface area contributed by atoms with Gasteiger partial charge in [0, 0.05) is 31.5 Å². The fourth-order valence-electron chi connectivity index (χ4n) is 2.51. The maximum absolute atomic E-state index is 12.4. The monoisotopic (exact) mass is 284 g/mol. The first-order valence-electron chi connectivity index (χ1n) is 6.33. The van der Waals surface area contributed by atoms with E-state index in [0.29, 0.717) is 12.0 Å². The maximum Gasteiger partial charge on any atom is 0.255 e. The first kappa shape index (κ1) is 14.1. The Labute approximate surface area is 114 Å². The van der Waals surface area contributed by atoms with Gasteiger partial charge in [-0.1, -0.05) is 0 Å². The van der Waals surface area contributed by atoms with Crippen molar-refractivity contribution in [2.75, 3.05) is 18.6 Å². The van der Waals surface area contributed by atoms with Crippen molar-refractivity contribution >= 4 is 15.7 Å². The number of nitrogens with zero attached hydrogens (tertiary/aromatic N) is 2. The molecule has 1 fully saturated rings. The molecular weight excluding hydrogens is 264 g/mol. The molecular formula is C13H20N2O3S. The van der Waals surface area contributed by atoms with Gasteiger partial charge in [-0.15, -0.1) is 0 Å². The number of aromatic nitrogens is 1. The van der Waals surface area contributed by atoms with Gasteiger partial charge in [0.05, 0.1) is 17.1 Å².